The van der Waals surface area contributed by atoms with E-state index in [4.69, 9.17) is 21.1 Å². The van der Waals surface area contributed by atoms with Crippen molar-refractivity contribution >= 4 is 40.6 Å². The maximum absolute atomic E-state index is 12.7. The van der Waals surface area contributed by atoms with Gasteiger partial charge < -0.3 is 25.0 Å². The van der Waals surface area contributed by atoms with Crippen LogP contribution in [-0.2, 0) is 4.79 Å². The lowest BCUT2D eigenvalue weighted by atomic mass is 10.1. The van der Waals surface area contributed by atoms with Gasteiger partial charge in [0.15, 0.2) is 6.10 Å². The van der Waals surface area contributed by atoms with E-state index in [1.807, 2.05) is 31.2 Å². The molecule has 0 saturated heterocycles. The number of nitrogens with zero attached hydrogens (tertiary/aromatic N) is 1. The minimum atomic E-state index is -0.646. The van der Waals surface area contributed by atoms with E-state index in [1.54, 1.807) is 54.3 Å². The monoisotopic (exact) mass is 465 g/mol. The number of hydrogen-bond donors (Lipinski definition) is 2. The molecule has 8 heteroatoms. The first-order chi connectivity index (χ1) is 15.9. The Morgan fingerprint density at radius 2 is 1.82 bits per heavy atom. The van der Waals surface area contributed by atoms with Crippen LogP contribution in [0.25, 0.3) is 0 Å². The quantitative estimate of drug-likeness (QED) is 0.504. The third-order valence-corrected chi connectivity index (χ3v) is 5.32. The van der Waals surface area contributed by atoms with Crippen LogP contribution in [0.2, 0.25) is 5.02 Å². The average molecular weight is 466 g/mol. The van der Waals surface area contributed by atoms with E-state index in [0.29, 0.717) is 41.0 Å². The summed E-state index contributed by atoms with van der Waals surface area (Å²) in [4.78, 5) is 26.7. The van der Waals surface area contributed by atoms with E-state index in [-0.39, 0.29) is 5.91 Å². The van der Waals surface area contributed by atoms with Crippen LogP contribution in [0.1, 0.15) is 12.5 Å². The number of nitrogens with one attached hydrogen (secondary N) is 2. The van der Waals surface area contributed by atoms with E-state index in [1.165, 1.54) is 0 Å². The van der Waals surface area contributed by atoms with E-state index in [9.17, 15) is 9.59 Å². The van der Waals surface area contributed by atoms with Crippen molar-refractivity contribution in [3.63, 3.8) is 0 Å². The smallest absolute Gasteiger partial charge is 0.323 e. The minimum absolute atomic E-state index is 0.144. The Bertz CT molecular complexity index is 1180. The van der Waals surface area contributed by atoms with Gasteiger partial charge in [-0.3, -0.25) is 4.79 Å². The van der Waals surface area contributed by atoms with Gasteiger partial charge in [-0.15, -0.1) is 0 Å². The van der Waals surface area contributed by atoms with Crippen molar-refractivity contribution < 1.29 is 19.1 Å². The predicted molar refractivity (Wildman–Crippen MR) is 130 cm³/mol. The maximum atomic E-state index is 12.7. The van der Waals surface area contributed by atoms with Crippen LogP contribution >= 0.6 is 11.6 Å². The second kappa shape index (κ2) is 9.83. The fraction of sp³-hybridized carbons (Fsp3) is 0.200. The summed E-state index contributed by atoms with van der Waals surface area (Å²) in [6.07, 6.45) is -0.646. The normalized spacial score (nSPS) is 14.8. The number of aryl methyl sites for hydroxylation is 1. The second-order valence-electron chi connectivity index (χ2n) is 7.69. The van der Waals surface area contributed by atoms with Crippen LogP contribution in [0.5, 0.6) is 11.5 Å². The van der Waals surface area contributed by atoms with Crippen molar-refractivity contribution in [1.82, 2.24) is 0 Å². The molecule has 1 unspecified atom stereocenters. The average Bonchev–Trinajstić information content (AvgIpc) is 2.76. The van der Waals surface area contributed by atoms with Gasteiger partial charge in [-0.1, -0.05) is 29.8 Å². The summed E-state index contributed by atoms with van der Waals surface area (Å²) in [5.41, 5.74) is 2.85. The summed E-state index contributed by atoms with van der Waals surface area (Å²) >= 11 is 5.96. The Morgan fingerprint density at radius 3 is 2.58 bits per heavy atom. The van der Waals surface area contributed by atoms with E-state index >= 15 is 0 Å². The highest BCUT2D eigenvalue weighted by molar-refractivity contribution is 6.30. The van der Waals surface area contributed by atoms with Crippen LogP contribution in [0.15, 0.2) is 66.7 Å². The van der Waals surface area contributed by atoms with Gasteiger partial charge in [-0.2, -0.15) is 0 Å². The molecule has 3 amide bonds. The molecule has 0 radical (unpaired) electrons. The van der Waals surface area contributed by atoms with Crippen molar-refractivity contribution in [3.8, 4) is 11.5 Å². The van der Waals surface area contributed by atoms with E-state index in [2.05, 4.69) is 10.6 Å². The van der Waals surface area contributed by atoms with Gasteiger partial charge in [-0.25, -0.2) is 4.79 Å². The molecular formula is C25H24ClN3O4. The van der Waals surface area contributed by atoms with Gasteiger partial charge >= 0.3 is 6.03 Å². The lowest BCUT2D eigenvalue weighted by Gasteiger charge is -2.33. The number of fused-ring (bicyclic) bond motifs is 1. The number of ether oxygens (including phenoxy) is 2. The Hall–Kier alpha value is -3.71. The molecule has 0 fully saturated rings. The molecule has 4 rings (SSSR count). The van der Waals surface area contributed by atoms with Crippen LogP contribution in [0.4, 0.5) is 21.9 Å². The number of amides is 3. The number of anilines is 3. The number of hydrogen-bond acceptors (Lipinski definition) is 4. The molecule has 33 heavy (non-hydrogen) atoms. The highest BCUT2D eigenvalue weighted by Crippen LogP contribution is 2.36. The highest BCUT2D eigenvalue weighted by atomic mass is 35.5. The lowest BCUT2D eigenvalue weighted by molar-refractivity contribution is -0.125. The van der Waals surface area contributed by atoms with Gasteiger partial charge in [0.25, 0.3) is 5.91 Å². The van der Waals surface area contributed by atoms with Crippen LogP contribution in [0, 0.1) is 6.92 Å². The summed E-state index contributed by atoms with van der Waals surface area (Å²) in [6, 6.07) is 19.4. The molecule has 1 aliphatic rings. The molecule has 3 aromatic carbocycles. The summed E-state index contributed by atoms with van der Waals surface area (Å²) in [5, 5.41) is 6.02. The van der Waals surface area contributed by atoms with Gasteiger partial charge in [0.1, 0.15) is 18.1 Å². The van der Waals surface area contributed by atoms with Crippen LogP contribution < -0.4 is 25.0 Å². The first-order valence-corrected chi connectivity index (χ1v) is 10.9. The molecule has 7 nitrogen and oxygen atoms in total. The van der Waals surface area contributed by atoms with Crippen molar-refractivity contribution in [1.29, 1.82) is 0 Å². The molecule has 2 N–H and O–H groups in total. The van der Waals surface area contributed by atoms with Crippen molar-refractivity contribution in [2.24, 2.45) is 0 Å². The first-order valence-electron chi connectivity index (χ1n) is 10.5. The molecule has 0 saturated carbocycles. The first kappa shape index (κ1) is 22.5. The SMILES string of the molecule is Cc1cccc(OCCN2C(=O)C(C)Oc3cc(NC(=O)Nc4cccc(Cl)c4)ccc32)c1. The standard InChI is InChI=1S/C25H24ClN3O4/c1-16-5-3-8-21(13-16)32-12-11-29-22-10-9-20(15-23(22)33-17(2)24(29)30)28-25(31)27-19-7-4-6-18(26)14-19/h3-10,13-15,17H,11-12H2,1-2H3,(H2,27,28,31). The number of rotatable bonds is 6. The zero-order chi connectivity index (χ0) is 23.4. The Kier molecular flexibility index (Phi) is 6.70. The fourth-order valence-corrected chi connectivity index (χ4v) is 3.73. The molecule has 1 heterocycles. The molecule has 0 aliphatic carbocycles. The van der Waals surface area contributed by atoms with Gasteiger partial charge in [0.05, 0.1) is 12.2 Å². The second-order valence-corrected chi connectivity index (χ2v) is 8.12. The number of carbonyl (C=O) groups excluding carboxylic acids is 2. The summed E-state index contributed by atoms with van der Waals surface area (Å²) < 4.78 is 11.6. The molecule has 170 valence electrons. The van der Waals surface area contributed by atoms with Crippen molar-refractivity contribution in [2.45, 2.75) is 20.0 Å². The Labute approximate surface area is 197 Å². The van der Waals surface area contributed by atoms with E-state index in [0.717, 1.165) is 11.3 Å². The van der Waals surface area contributed by atoms with Crippen molar-refractivity contribution in [2.75, 3.05) is 28.7 Å². The van der Waals surface area contributed by atoms with Gasteiger partial charge in [-0.05, 0) is 61.9 Å². The number of urea groups is 1. The van der Waals surface area contributed by atoms with Gasteiger partial charge in [0, 0.05) is 22.5 Å². The van der Waals surface area contributed by atoms with Crippen molar-refractivity contribution in [3.05, 3.63) is 77.3 Å². The molecular weight excluding hydrogens is 442 g/mol. The molecule has 3 aromatic rings. The predicted octanol–water partition coefficient (Wildman–Crippen LogP) is 5.49. The number of carbonyl (C=O) groups is 2. The molecule has 1 aliphatic heterocycles. The number of halogens is 1. The van der Waals surface area contributed by atoms with Crippen LogP contribution in [-0.4, -0.2) is 31.2 Å². The topological polar surface area (TPSA) is 79.9 Å². The Balaban J connectivity index is 1.43. The fourth-order valence-electron chi connectivity index (χ4n) is 3.54. The Morgan fingerprint density at radius 1 is 1.06 bits per heavy atom. The zero-order valence-corrected chi connectivity index (χ0v) is 19.1. The minimum Gasteiger partial charge on any atom is -0.492 e. The molecule has 0 aromatic heterocycles. The largest absolute Gasteiger partial charge is 0.492 e. The van der Waals surface area contributed by atoms with E-state index < -0.39 is 12.1 Å². The lowest BCUT2D eigenvalue weighted by Crippen LogP contribution is -2.46. The third-order valence-electron chi connectivity index (χ3n) is 5.08. The molecule has 1 atom stereocenters. The maximum Gasteiger partial charge on any atom is 0.323 e. The highest BCUT2D eigenvalue weighted by Gasteiger charge is 2.31. The molecule has 0 bridgehead atoms. The van der Waals surface area contributed by atoms with Gasteiger partial charge in [0.2, 0.25) is 0 Å². The summed E-state index contributed by atoms with van der Waals surface area (Å²) in [5.74, 6) is 1.13. The van der Waals surface area contributed by atoms with Crippen LogP contribution in [0.3, 0.4) is 0 Å². The number of benzene rings is 3. The zero-order valence-electron chi connectivity index (χ0n) is 18.3. The molecule has 0 spiro atoms. The summed E-state index contributed by atoms with van der Waals surface area (Å²) in [6.45, 7) is 4.40. The summed E-state index contributed by atoms with van der Waals surface area (Å²) in [7, 11) is 0. The third kappa shape index (κ3) is 5.56.